The first kappa shape index (κ1) is 29.1. The summed E-state index contributed by atoms with van der Waals surface area (Å²) in [5.74, 6) is -0.266. The van der Waals surface area contributed by atoms with Crippen LogP contribution in [0.1, 0.15) is 13.2 Å². The summed E-state index contributed by atoms with van der Waals surface area (Å²) in [6.07, 6.45) is -13.8. The van der Waals surface area contributed by atoms with Gasteiger partial charge in [-0.15, -0.1) is 0 Å². The number of hydrogen-bond donors (Lipinski definition) is 9. The fourth-order valence-corrected chi connectivity index (χ4v) is 5.96. The molecule has 2 fully saturated rings. The molecule has 22 heteroatoms. The maximum atomic E-state index is 12.3. The van der Waals surface area contributed by atoms with Crippen molar-refractivity contribution in [1.82, 2.24) is 19.5 Å². The molecule has 0 saturated carbocycles. The van der Waals surface area contributed by atoms with Crippen molar-refractivity contribution >= 4 is 32.8 Å². The maximum Gasteiger partial charge on any atom is 0.483 e. The van der Waals surface area contributed by atoms with Crippen molar-refractivity contribution in [2.75, 3.05) is 12.3 Å². The molecule has 0 spiro atoms. The Morgan fingerprint density at radius 1 is 1.05 bits per heavy atom. The van der Waals surface area contributed by atoms with E-state index in [1.807, 2.05) is 0 Å². The Balaban J connectivity index is 1.39. The van der Waals surface area contributed by atoms with E-state index in [9.17, 15) is 49.2 Å². The van der Waals surface area contributed by atoms with Crippen LogP contribution in [0.15, 0.2) is 11.1 Å². The number of hydrogen-bond acceptors (Lipinski definition) is 16. The van der Waals surface area contributed by atoms with Crippen LogP contribution in [0.25, 0.3) is 11.2 Å². The Hall–Kier alpha value is -1.87. The number of nitrogen functional groups attached to an aromatic ring is 1. The van der Waals surface area contributed by atoms with Crippen LogP contribution in [0, 0.1) is 0 Å². The van der Waals surface area contributed by atoms with Gasteiger partial charge >= 0.3 is 15.6 Å². The van der Waals surface area contributed by atoms with Gasteiger partial charge in [0.15, 0.2) is 23.7 Å². The molecule has 2 aliphatic heterocycles. The molecule has 0 amide bonds. The SMILES string of the molecule is C[C@@H]1O[C@@H](OP(=O)(O)OP(=O)(O)OC[C@H]2OC(n3cnc4c(=O)[nH]c(N)nc43)[C@H](O)[C@@H]2O)[C@@H](O)[C@H](O)[C@@H]1O. The third-order valence-electron chi connectivity index (χ3n) is 5.72. The largest absolute Gasteiger partial charge is 0.483 e. The van der Waals surface area contributed by atoms with E-state index in [1.165, 1.54) is 6.92 Å². The zero-order chi connectivity index (χ0) is 28.2. The van der Waals surface area contributed by atoms with Crippen LogP contribution in [-0.4, -0.2) is 110 Å². The zero-order valence-electron chi connectivity index (χ0n) is 19.2. The Bertz CT molecular complexity index is 1320. The van der Waals surface area contributed by atoms with Gasteiger partial charge in [0.1, 0.15) is 36.6 Å². The summed E-state index contributed by atoms with van der Waals surface area (Å²) in [6.45, 7) is 0.291. The van der Waals surface area contributed by atoms with E-state index < -0.39 is 83.1 Å². The minimum absolute atomic E-state index is 0.0994. The van der Waals surface area contributed by atoms with Crippen molar-refractivity contribution in [2.45, 2.75) is 62.2 Å². The quantitative estimate of drug-likeness (QED) is 0.134. The van der Waals surface area contributed by atoms with Crippen LogP contribution < -0.4 is 11.3 Å². The van der Waals surface area contributed by atoms with Crippen LogP contribution in [-0.2, 0) is 32.0 Å². The Kier molecular flexibility index (Phi) is 8.12. The summed E-state index contributed by atoms with van der Waals surface area (Å²) in [6, 6.07) is 0. The standard InChI is InChI=1S/C16H25N5O15P2/c1-4-7(22)9(24)11(26)15(33-4)35-38(30,31)36-37(28,29)32-2-5-8(23)10(25)14(34-5)21-3-18-6-12(21)19-16(17)20-13(6)27/h3-5,7-11,14-15,22-26H,2H2,1H3,(H,28,29)(H,30,31)(H3,17,19,20,27)/t4-,5+,7+,8+,9+,10+,11-,14?,15-/m0/s1. The first-order valence-corrected chi connectivity index (χ1v) is 13.7. The van der Waals surface area contributed by atoms with Crippen molar-refractivity contribution in [3.05, 3.63) is 16.7 Å². The molecule has 20 nitrogen and oxygen atoms in total. The molecular formula is C16H25N5O15P2. The molecule has 4 heterocycles. The highest BCUT2D eigenvalue weighted by molar-refractivity contribution is 7.61. The Labute approximate surface area is 211 Å². The molecule has 0 radical (unpaired) electrons. The molecule has 11 atom stereocenters. The zero-order valence-corrected chi connectivity index (χ0v) is 21.0. The number of phosphoric ester groups is 2. The molecule has 2 aliphatic rings. The van der Waals surface area contributed by atoms with E-state index in [4.69, 9.17) is 15.2 Å². The lowest BCUT2D eigenvalue weighted by atomic mass is 10.0. The van der Waals surface area contributed by atoms with Gasteiger partial charge in [0.05, 0.1) is 19.0 Å². The van der Waals surface area contributed by atoms with Crippen molar-refractivity contribution in [2.24, 2.45) is 0 Å². The van der Waals surface area contributed by atoms with Crippen LogP contribution in [0.2, 0.25) is 0 Å². The summed E-state index contributed by atoms with van der Waals surface area (Å²) in [4.78, 5) is 41.7. The number of nitrogens with one attached hydrogen (secondary N) is 1. The molecule has 4 rings (SSSR count). The fourth-order valence-electron chi connectivity index (χ4n) is 3.80. The monoisotopic (exact) mass is 589 g/mol. The van der Waals surface area contributed by atoms with E-state index in [0.29, 0.717) is 0 Å². The molecule has 0 aliphatic carbocycles. The number of phosphoric acid groups is 2. The number of nitrogens with two attached hydrogens (primary N) is 1. The van der Waals surface area contributed by atoms with Crippen molar-refractivity contribution in [3.8, 4) is 0 Å². The lowest BCUT2D eigenvalue weighted by Gasteiger charge is -2.38. The molecule has 2 aromatic rings. The number of nitrogens with zero attached hydrogens (tertiary/aromatic N) is 3. The summed E-state index contributed by atoms with van der Waals surface area (Å²) >= 11 is 0. The lowest BCUT2D eigenvalue weighted by molar-refractivity contribution is -0.271. The predicted octanol–water partition coefficient (Wildman–Crippen LogP) is -3.60. The highest BCUT2D eigenvalue weighted by atomic mass is 31.3. The normalized spacial score (nSPS) is 37.2. The number of aliphatic hydroxyl groups is 5. The number of ether oxygens (including phenoxy) is 2. The fraction of sp³-hybridized carbons (Fsp3) is 0.688. The predicted molar refractivity (Wildman–Crippen MR) is 119 cm³/mol. The second kappa shape index (κ2) is 10.6. The van der Waals surface area contributed by atoms with Gasteiger partial charge in [0.2, 0.25) is 5.95 Å². The molecular weight excluding hydrogens is 564 g/mol. The average Bonchev–Trinajstić information content (AvgIpc) is 3.35. The van der Waals surface area contributed by atoms with E-state index in [1.54, 1.807) is 0 Å². The summed E-state index contributed by atoms with van der Waals surface area (Å²) < 4.78 is 49.3. The van der Waals surface area contributed by atoms with Gasteiger partial charge in [-0.2, -0.15) is 9.29 Å². The third kappa shape index (κ3) is 5.83. The second-order valence-corrected chi connectivity index (χ2v) is 11.4. The van der Waals surface area contributed by atoms with Crippen LogP contribution in [0.4, 0.5) is 5.95 Å². The smallest absolute Gasteiger partial charge is 0.388 e. The highest BCUT2D eigenvalue weighted by Gasteiger charge is 2.49. The van der Waals surface area contributed by atoms with Gasteiger partial charge in [-0.25, -0.2) is 14.1 Å². The molecule has 0 aromatic carbocycles. The number of aliphatic hydroxyl groups excluding tert-OH is 5. The summed E-state index contributed by atoms with van der Waals surface area (Å²) in [5.41, 5.74) is 4.59. The highest BCUT2D eigenvalue weighted by Crippen LogP contribution is 2.61. The lowest BCUT2D eigenvalue weighted by Crippen LogP contribution is -2.57. The molecule has 0 bridgehead atoms. The van der Waals surface area contributed by atoms with Crippen LogP contribution in [0.5, 0.6) is 0 Å². The first-order chi connectivity index (χ1) is 17.6. The number of H-pyrrole nitrogens is 1. The molecule has 3 unspecified atom stereocenters. The number of imidazole rings is 1. The molecule has 38 heavy (non-hydrogen) atoms. The minimum Gasteiger partial charge on any atom is -0.388 e. The summed E-state index contributed by atoms with van der Waals surface area (Å²) in [7, 11) is -10.9. The van der Waals surface area contributed by atoms with Crippen LogP contribution >= 0.6 is 15.6 Å². The Morgan fingerprint density at radius 3 is 2.42 bits per heavy atom. The van der Waals surface area contributed by atoms with Gasteiger partial charge < -0.3 is 50.5 Å². The number of aromatic nitrogens is 4. The average molecular weight is 589 g/mol. The minimum atomic E-state index is -5.50. The van der Waals surface area contributed by atoms with E-state index in [-0.39, 0.29) is 17.1 Å². The molecule has 214 valence electrons. The van der Waals surface area contributed by atoms with Crippen LogP contribution in [0.3, 0.4) is 0 Å². The number of anilines is 1. The number of aromatic amines is 1. The topological polar surface area (TPSA) is 311 Å². The molecule has 10 N–H and O–H groups in total. The van der Waals surface area contributed by atoms with Gasteiger partial charge in [-0.1, -0.05) is 0 Å². The van der Waals surface area contributed by atoms with Gasteiger partial charge in [0, 0.05) is 0 Å². The van der Waals surface area contributed by atoms with E-state index in [0.717, 1.165) is 10.9 Å². The maximum absolute atomic E-state index is 12.3. The number of rotatable bonds is 8. The Morgan fingerprint density at radius 2 is 1.74 bits per heavy atom. The van der Waals surface area contributed by atoms with Gasteiger partial charge in [-0.3, -0.25) is 23.4 Å². The van der Waals surface area contributed by atoms with Crippen molar-refractivity contribution in [3.63, 3.8) is 0 Å². The second-order valence-electron chi connectivity index (χ2n) is 8.42. The van der Waals surface area contributed by atoms with E-state index in [2.05, 4.69) is 28.3 Å². The molecule has 2 aromatic heterocycles. The number of fused-ring (bicyclic) bond motifs is 1. The third-order valence-corrected chi connectivity index (χ3v) is 8.32. The first-order valence-electron chi connectivity index (χ1n) is 10.7. The van der Waals surface area contributed by atoms with Gasteiger partial charge in [-0.05, 0) is 6.92 Å². The van der Waals surface area contributed by atoms with E-state index >= 15 is 0 Å². The molecule has 2 saturated heterocycles. The summed E-state index contributed by atoms with van der Waals surface area (Å²) in [5, 5.41) is 50.0. The van der Waals surface area contributed by atoms with Gasteiger partial charge in [0.25, 0.3) is 5.56 Å². The van der Waals surface area contributed by atoms with Crippen molar-refractivity contribution < 1.29 is 67.3 Å². The van der Waals surface area contributed by atoms with Crippen molar-refractivity contribution in [1.29, 1.82) is 0 Å².